The van der Waals surface area contributed by atoms with Gasteiger partial charge in [-0.15, -0.1) is 0 Å². The summed E-state index contributed by atoms with van der Waals surface area (Å²) < 4.78 is 5.26. The summed E-state index contributed by atoms with van der Waals surface area (Å²) in [6, 6.07) is 0.332. The molecule has 0 saturated carbocycles. The molecular weight excluding hydrogens is 178 g/mol. The normalized spacial score (nSPS) is 23.2. The van der Waals surface area contributed by atoms with Crippen molar-refractivity contribution in [2.24, 2.45) is 0 Å². The molecule has 1 aliphatic rings. The predicted octanol–water partition coefficient (Wildman–Crippen LogP) is 1.86. The SMILES string of the molecule is CC(C)(C)OC(=O)CC1CCCCN1. The average Bonchev–Trinajstić information content (AvgIpc) is 2.02. The van der Waals surface area contributed by atoms with Gasteiger partial charge >= 0.3 is 5.97 Å². The maximum atomic E-state index is 11.5. The zero-order valence-electron chi connectivity index (χ0n) is 9.43. The molecule has 0 aromatic heterocycles. The second kappa shape index (κ2) is 4.78. The first kappa shape index (κ1) is 11.5. The average molecular weight is 199 g/mol. The van der Waals surface area contributed by atoms with Crippen molar-refractivity contribution in [3.05, 3.63) is 0 Å². The minimum absolute atomic E-state index is 0.0862. The zero-order chi connectivity index (χ0) is 10.6. The van der Waals surface area contributed by atoms with E-state index in [-0.39, 0.29) is 11.6 Å². The van der Waals surface area contributed by atoms with Crippen molar-refractivity contribution in [3.8, 4) is 0 Å². The van der Waals surface area contributed by atoms with Crippen LogP contribution in [-0.2, 0) is 9.53 Å². The topological polar surface area (TPSA) is 38.3 Å². The Kier molecular flexibility index (Phi) is 3.93. The number of hydrogen-bond donors (Lipinski definition) is 1. The van der Waals surface area contributed by atoms with E-state index in [1.165, 1.54) is 12.8 Å². The van der Waals surface area contributed by atoms with Crippen LogP contribution < -0.4 is 5.32 Å². The van der Waals surface area contributed by atoms with E-state index < -0.39 is 0 Å². The molecule has 1 atom stereocenters. The summed E-state index contributed by atoms with van der Waals surface area (Å²) in [5, 5.41) is 3.33. The highest BCUT2D eigenvalue weighted by atomic mass is 16.6. The fraction of sp³-hybridized carbons (Fsp3) is 0.909. The first-order valence-corrected chi connectivity index (χ1v) is 5.42. The minimum atomic E-state index is -0.355. The Labute approximate surface area is 86.2 Å². The number of ether oxygens (including phenoxy) is 1. The van der Waals surface area contributed by atoms with E-state index in [0.29, 0.717) is 12.5 Å². The number of esters is 1. The van der Waals surface area contributed by atoms with Crippen LogP contribution in [0.25, 0.3) is 0 Å². The van der Waals surface area contributed by atoms with Gasteiger partial charge in [0.2, 0.25) is 0 Å². The van der Waals surface area contributed by atoms with Gasteiger partial charge in [-0.2, -0.15) is 0 Å². The number of hydrogen-bond acceptors (Lipinski definition) is 3. The number of carbonyl (C=O) groups excluding carboxylic acids is 1. The van der Waals surface area contributed by atoms with Crippen LogP contribution >= 0.6 is 0 Å². The molecule has 1 fully saturated rings. The molecule has 3 heteroatoms. The Morgan fingerprint density at radius 3 is 2.64 bits per heavy atom. The van der Waals surface area contributed by atoms with E-state index >= 15 is 0 Å². The molecule has 14 heavy (non-hydrogen) atoms. The molecule has 0 spiro atoms. The van der Waals surface area contributed by atoms with Gasteiger partial charge in [0.1, 0.15) is 5.60 Å². The molecule has 1 aliphatic heterocycles. The molecule has 1 heterocycles. The van der Waals surface area contributed by atoms with Crippen molar-refractivity contribution in [1.29, 1.82) is 0 Å². The highest BCUT2D eigenvalue weighted by Crippen LogP contribution is 2.13. The van der Waals surface area contributed by atoms with Crippen LogP contribution in [-0.4, -0.2) is 24.2 Å². The smallest absolute Gasteiger partial charge is 0.307 e. The summed E-state index contributed by atoms with van der Waals surface area (Å²) in [7, 11) is 0. The van der Waals surface area contributed by atoms with Crippen LogP contribution in [0.1, 0.15) is 46.5 Å². The van der Waals surface area contributed by atoms with Gasteiger partial charge in [0.05, 0.1) is 6.42 Å². The lowest BCUT2D eigenvalue weighted by Crippen LogP contribution is -2.37. The van der Waals surface area contributed by atoms with Gasteiger partial charge in [0.15, 0.2) is 0 Å². The third-order valence-electron chi connectivity index (χ3n) is 2.25. The van der Waals surface area contributed by atoms with Crippen LogP contribution in [0, 0.1) is 0 Å². The lowest BCUT2D eigenvalue weighted by Gasteiger charge is -2.25. The van der Waals surface area contributed by atoms with E-state index in [1.54, 1.807) is 0 Å². The third kappa shape index (κ3) is 4.61. The van der Waals surface area contributed by atoms with Crippen LogP contribution in [0.3, 0.4) is 0 Å². The highest BCUT2D eigenvalue weighted by molar-refractivity contribution is 5.70. The summed E-state index contributed by atoms with van der Waals surface area (Å²) >= 11 is 0. The van der Waals surface area contributed by atoms with Crippen molar-refractivity contribution in [2.75, 3.05) is 6.54 Å². The second-order valence-corrected chi connectivity index (χ2v) is 4.94. The van der Waals surface area contributed by atoms with Crippen molar-refractivity contribution >= 4 is 5.97 Å². The second-order valence-electron chi connectivity index (χ2n) is 4.94. The molecule has 0 aromatic rings. The standard InChI is InChI=1S/C11H21NO2/c1-11(2,3)14-10(13)8-9-6-4-5-7-12-9/h9,12H,4-8H2,1-3H3. The Morgan fingerprint density at radius 1 is 1.43 bits per heavy atom. The van der Waals surface area contributed by atoms with Gasteiger partial charge < -0.3 is 10.1 Å². The van der Waals surface area contributed by atoms with Crippen molar-refractivity contribution in [1.82, 2.24) is 5.32 Å². The minimum Gasteiger partial charge on any atom is -0.460 e. The molecule has 0 amide bonds. The first-order chi connectivity index (χ1) is 6.47. The Balaban J connectivity index is 2.25. The Bertz CT molecular complexity index is 190. The first-order valence-electron chi connectivity index (χ1n) is 5.42. The number of carbonyl (C=O) groups is 1. The quantitative estimate of drug-likeness (QED) is 0.690. The molecule has 0 aliphatic carbocycles. The fourth-order valence-electron chi connectivity index (χ4n) is 1.68. The van der Waals surface area contributed by atoms with E-state index in [9.17, 15) is 4.79 Å². The summed E-state index contributed by atoms with van der Waals surface area (Å²) in [5.41, 5.74) is -0.355. The lowest BCUT2D eigenvalue weighted by molar-refractivity contribution is -0.155. The molecular formula is C11H21NO2. The van der Waals surface area contributed by atoms with E-state index in [0.717, 1.165) is 13.0 Å². The lowest BCUT2D eigenvalue weighted by atomic mass is 10.0. The zero-order valence-corrected chi connectivity index (χ0v) is 9.43. The number of piperidine rings is 1. The molecule has 1 rings (SSSR count). The highest BCUT2D eigenvalue weighted by Gasteiger charge is 2.21. The van der Waals surface area contributed by atoms with Gasteiger partial charge in [-0.25, -0.2) is 0 Å². The monoisotopic (exact) mass is 199 g/mol. The van der Waals surface area contributed by atoms with Crippen molar-refractivity contribution in [3.63, 3.8) is 0 Å². The maximum Gasteiger partial charge on any atom is 0.307 e. The van der Waals surface area contributed by atoms with E-state index in [2.05, 4.69) is 5.32 Å². The van der Waals surface area contributed by atoms with Crippen molar-refractivity contribution < 1.29 is 9.53 Å². The van der Waals surface area contributed by atoms with Gasteiger partial charge in [0.25, 0.3) is 0 Å². The number of rotatable bonds is 2. The Hall–Kier alpha value is -0.570. The molecule has 0 radical (unpaired) electrons. The van der Waals surface area contributed by atoms with Gasteiger partial charge in [-0.05, 0) is 40.2 Å². The van der Waals surface area contributed by atoms with Gasteiger partial charge in [-0.1, -0.05) is 6.42 Å². The van der Waals surface area contributed by atoms with Crippen LogP contribution in [0.4, 0.5) is 0 Å². The summed E-state index contributed by atoms with van der Waals surface area (Å²) in [6.07, 6.45) is 4.06. The molecule has 0 bridgehead atoms. The van der Waals surface area contributed by atoms with E-state index in [4.69, 9.17) is 4.74 Å². The molecule has 3 nitrogen and oxygen atoms in total. The molecule has 1 N–H and O–H groups in total. The third-order valence-corrected chi connectivity index (χ3v) is 2.25. The van der Waals surface area contributed by atoms with Gasteiger partial charge in [-0.3, -0.25) is 4.79 Å². The van der Waals surface area contributed by atoms with Crippen LogP contribution in [0.2, 0.25) is 0 Å². The maximum absolute atomic E-state index is 11.5. The van der Waals surface area contributed by atoms with Crippen LogP contribution in [0.15, 0.2) is 0 Å². The molecule has 1 saturated heterocycles. The molecule has 0 aromatic carbocycles. The summed E-state index contributed by atoms with van der Waals surface area (Å²) in [5.74, 6) is -0.0862. The van der Waals surface area contributed by atoms with Crippen molar-refractivity contribution in [2.45, 2.75) is 58.1 Å². The van der Waals surface area contributed by atoms with Crippen LogP contribution in [0.5, 0.6) is 0 Å². The summed E-state index contributed by atoms with van der Waals surface area (Å²) in [6.45, 7) is 6.74. The molecule has 1 unspecified atom stereocenters. The summed E-state index contributed by atoms with van der Waals surface area (Å²) in [4.78, 5) is 11.5. The number of nitrogens with one attached hydrogen (secondary N) is 1. The largest absolute Gasteiger partial charge is 0.460 e. The predicted molar refractivity (Wildman–Crippen MR) is 56.1 cm³/mol. The molecule has 82 valence electrons. The van der Waals surface area contributed by atoms with E-state index in [1.807, 2.05) is 20.8 Å². The van der Waals surface area contributed by atoms with Gasteiger partial charge in [0, 0.05) is 6.04 Å². The Morgan fingerprint density at radius 2 is 2.14 bits per heavy atom. The fourth-order valence-corrected chi connectivity index (χ4v) is 1.68.